The molecule has 1 aliphatic heterocycles. The molecule has 0 saturated carbocycles. The van der Waals surface area contributed by atoms with Gasteiger partial charge in [-0.05, 0) is 50.1 Å². The van der Waals surface area contributed by atoms with Crippen LogP contribution >= 0.6 is 11.3 Å². The van der Waals surface area contributed by atoms with Crippen molar-refractivity contribution in [2.45, 2.75) is 30.7 Å². The minimum absolute atomic E-state index is 0.0379. The molecule has 5 nitrogen and oxygen atoms in total. The lowest BCUT2D eigenvalue weighted by atomic mass is 10.1. The van der Waals surface area contributed by atoms with Crippen LogP contribution in [0.2, 0.25) is 0 Å². The maximum Gasteiger partial charge on any atom is 0.261 e. The topological polar surface area (TPSA) is 66.5 Å². The number of benzene rings is 1. The van der Waals surface area contributed by atoms with E-state index >= 15 is 0 Å². The van der Waals surface area contributed by atoms with Crippen molar-refractivity contribution < 1.29 is 17.6 Å². The Morgan fingerprint density at radius 1 is 1.24 bits per heavy atom. The van der Waals surface area contributed by atoms with Gasteiger partial charge in [0.2, 0.25) is 10.0 Å². The average Bonchev–Trinajstić information content (AvgIpc) is 3.02. The summed E-state index contributed by atoms with van der Waals surface area (Å²) in [6.45, 7) is 2.54. The third-order valence-corrected chi connectivity index (χ3v) is 7.08. The summed E-state index contributed by atoms with van der Waals surface area (Å²) in [7, 11) is -3.70. The van der Waals surface area contributed by atoms with E-state index in [0.29, 0.717) is 30.8 Å². The van der Waals surface area contributed by atoms with Gasteiger partial charge in [0.05, 0.1) is 9.77 Å². The van der Waals surface area contributed by atoms with Crippen LogP contribution in [0.25, 0.3) is 0 Å². The Bertz CT molecular complexity index is 872. The summed E-state index contributed by atoms with van der Waals surface area (Å²) in [4.78, 5) is 13.9. The van der Waals surface area contributed by atoms with Crippen molar-refractivity contribution in [1.82, 2.24) is 9.62 Å². The lowest BCUT2D eigenvalue weighted by molar-refractivity contribution is 0.0928. The van der Waals surface area contributed by atoms with Crippen LogP contribution < -0.4 is 5.32 Å². The second kappa shape index (κ2) is 7.23. The molecule has 0 bridgehead atoms. The summed E-state index contributed by atoms with van der Waals surface area (Å²) < 4.78 is 39.8. The quantitative estimate of drug-likeness (QED) is 0.884. The molecule has 1 N–H and O–H groups in total. The molecule has 1 saturated heterocycles. The maximum absolute atomic E-state index is 13.3. The Hall–Kier alpha value is -1.77. The molecule has 0 atom stereocenters. The minimum atomic E-state index is -3.70. The van der Waals surface area contributed by atoms with Gasteiger partial charge in [-0.3, -0.25) is 4.79 Å². The highest BCUT2D eigenvalue weighted by Crippen LogP contribution is 2.22. The molecular weight excluding hydrogens is 363 g/mol. The predicted molar refractivity (Wildman–Crippen MR) is 94.7 cm³/mol. The molecule has 25 heavy (non-hydrogen) atoms. The zero-order valence-corrected chi connectivity index (χ0v) is 15.4. The van der Waals surface area contributed by atoms with Crippen molar-refractivity contribution in [1.29, 1.82) is 0 Å². The number of rotatable bonds is 4. The number of sulfonamides is 1. The summed E-state index contributed by atoms with van der Waals surface area (Å²) in [5.41, 5.74) is 0. The lowest BCUT2D eigenvalue weighted by Gasteiger charge is -2.31. The van der Waals surface area contributed by atoms with Gasteiger partial charge < -0.3 is 5.32 Å². The summed E-state index contributed by atoms with van der Waals surface area (Å²) in [6, 6.07) is 8.65. The van der Waals surface area contributed by atoms with Crippen LogP contribution in [0.1, 0.15) is 27.4 Å². The maximum atomic E-state index is 13.3. The molecule has 8 heteroatoms. The van der Waals surface area contributed by atoms with E-state index in [4.69, 9.17) is 0 Å². The van der Waals surface area contributed by atoms with E-state index in [9.17, 15) is 17.6 Å². The molecule has 1 aliphatic rings. The van der Waals surface area contributed by atoms with Gasteiger partial charge in [-0.2, -0.15) is 4.31 Å². The highest BCUT2D eigenvalue weighted by Gasteiger charge is 2.30. The second-order valence-electron chi connectivity index (χ2n) is 6.02. The number of halogens is 1. The van der Waals surface area contributed by atoms with Crippen LogP contribution in [-0.2, 0) is 10.0 Å². The smallest absolute Gasteiger partial charge is 0.261 e. The average molecular weight is 382 g/mol. The van der Waals surface area contributed by atoms with Gasteiger partial charge >= 0.3 is 0 Å². The van der Waals surface area contributed by atoms with Crippen molar-refractivity contribution in [2.75, 3.05) is 13.1 Å². The molecule has 0 aliphatic carbocycles. The summed E-state index contributed by atoms with van der Waals surface area (Å²) >= 11 is 1.43. The lowest BCUT2D eigenvalue weighted by Crippen LogP contribution is -2.46. The van der Waals surface area contributed by atoms with Crippen LogP contribution in [0, 0.1) is 12.7 Å². The zero-order chi connectivity index (χ0) is 18.0. The number of carbonyl (C=O) groups excluding carboxylic acids is 1. The van der Waals surface area contributed by atoms with Crippen molar-refractivity contribution in [3.05, 3.63) is 52.0 Å². The molecule has 1 amide bonds. The van der Waals surface area contributed by atoms with Crippen molar-refractivity contribution in [3.63, 3.8) is 0 Å². The summed E-state index contributed by atoms with van der Waals surface area (Å²) in [5, 5.41) is 2.96. The van der Waals surface area contributed by atoms with Crippen molar-refractivity contribution >= 4 is 27.3 Å². The molecule has 3 rings (SSSR count). The van der Waals surface area contributed by atoms with Gasteiger partial charge in [-0.25, -0.2) is 12.8 Å². The monoisotopic (exact) mass is 382 g/mol. The Kier molecular flexibility index (Phi) is 5.21. The molecular formula is C17H19FN2O3S2. The molecule has 1 aromatic carbocycles. The number of aryl methyl sites for hydroxylation is 1. The molecule has 1 aromatic heterocycles. The fraction of sp³-hybridized carbons (Fsp3) is 0.353. The highest BCUT2D eigenvalue weighted by molar-refractivity contribution is 7.89. The van der Waals surface area contributed by atoms with E-state index in [1.54, 1.807) is 6.07 Å². The number of piperidine rings is 1. The van der Waals surface area contributed by atoms with Crippen LogP contribution in [0.3, 0.4) is 0 Å². The fourth-order valence-corrected chi connectivity index (χ4v) is 5.10. The van der Waals surface area contributed by atoms with Crippen LogP contribution in [-0.4, -0.2) is 37.8 Å². The molecule has 1 fully saturated rings. The number of thiophene rings is 1. The van der Waals surface area contributed by atoms with Gasteiger partial charge in [-0.1, -0.05) is 6.07 Å². The highest BCUT2D eigenvalue weighted by atomic mass is 32.2. The third kappa shape index (κ3) is 4.08. The number of nitrogens with one attached hydrogen (secondary N) is 1. The standard InChI is InChI=1S/C17H19FN2O3S2/c1-12-5-6-16(24-12)17(21)19-14-7-9-20(10-8-14)25(22,23)15-4-2-3-13(18)11-15/h2-6,11,14H,7-10H2,1H3,(H,19,21). The summed E-state index contributed by atoms with van der Waals surface area (Å²) in [6.07, 6.45) is 1.06. The van der Waals surface area contributed by atoms with Gasteiger partial charge in [0.1, 0.15) is 5.82 Å². The van der Waals surface area contributed by atoms with Crippen LogP contribution in [0.5, 0.6) is 0 Å². The molecule has 0 spiro atoms. The first-order valence-electron chi connectivity index (χ1n) is 7.99. The number of carbonyl (C=O) groups is 1. The van der Waals surface area contributed by atoms with Gasteiger partial charge in [0, 0.05) is 24.0 Å². The first-order chi connectivity index (χ1) is 11.9. The van der Waals surface area contributed by atoms with E-state index in [0.717, 1.165) is 10.9 Å². The Morgan fingerprint density at radius 3 is 2.56 bits per heavy atom. The first-order valence-corrected chi connectivity index (χ1v) is 10.2. The number of amides is 1. The Labute approximate surface area is 150 Å². The zero-order valence-electron chi connectivity index (χ0n) is 13.7. The number of hydrogen-bond acceptors (Lipinski definition) is 4. The fourth-order valence-electron chi connectivity index (χ4n) is 2.83. The Balaban J connectivity index is 1.61. The predicted octanol–water partition coefficient (Wildman–Crippen LogP) is 2.78. The van der Waals surface area contributed by atoms with Crippen molar-refractivity contribution in [3.8, 4) is 0 Å². The van der Waals surface area contributed by atoms with E-state index in [2.05, 4.69) is 5.32 Å². The second-order valence-corrected chi connectivity index (χ2v) is 9.25. The molecule has 2 heterocycles. The molecule has 134 valence electrons. The minimum Gasteiger partial charge on any atom is -0.349 e. The van der Waals surface area contributed by atoms with Gasteiger partial charge in [0.15, 0.2) is 0 Å². The number of nitrogens with zero attached hydrogens (tertiary/aromatic N) is 1. The van der Waals surface area contributed by atoms with Crippen LogP contribution in [0.15, 0.2) is 41.3 Å². The van der Waals surface area contributed by atoms with E-state index in [1.165, 1.54) is 33.8 Å². The largest absolute Gasteiger partial charge is 0.349 e. The Morgan fingerprint density at radius 2 is 1.96 bits per heavy atom. The van der Waals surface area contributed by atoms with E-state index in [-0.39, 0.29) is 16.8 Å². The van der Waals surface area contributed by atoms with E-state index < -0.39 is 15.8 Å². The third-order valence-electron chi connectivity index (χ3n) is 4.19. The van der Waals surface area contributed by atoms with Gasteiger partial charge in [-0.15, -0.1) is 11.3 Å². The molecule has 0 radical (unpaired) electrons. The van der Waals surface area contributed by atoms with Crippen LogP contribution in [0.4, 0.5) is 4.39 Å². The number of hydrogen-bond donors (Lipinski definition) is 1. The van der Waals surface area contributed by atoms with Crippen molar-refractivity contribution in [2.24, 2.45) is 0 Å². The SMILES string of the molecule is Cc1ccc(C(=O)NC2CCN(S(=O)(=O)c3cccc(F)c3)CC2)s1. The van der Waals surface area contributed by atoms with E-state index in [1.807, 2.05) is 13.0 Å². The molecule has 2 aromatic rings. The summed E-state index contributed by atoms with van der Waals surface area (Å²) in [5.74, 6) is -0.695. The normalized spacial score (nSPS) is 16.7. The first kappa shape index (κ1) is 18.0. The molecule has 0 unspecified atom stereocenters. The van der Waals surface area contributed by atoms with Gasteiger partial charge in [0.25, 0.3) is 5.91 Å².